The number of carbonyl (C=O) groups is 1. The molecular formula is C21H26N6O2. The lowest BCUT2D eigenvalue weighted by Crippen LogP contribution is -2.33. The monoisotopic (exact) mass is 394 g/mol. The van der Waals surface area contributed by atoms with E-state index in [0.29, 0.717) is 11.4 Å². The number of aryl methyl sites for hydroxylation is 1. The second-order valence-corrected chi connectivity index (χ2v) is 7.43. The predicted octanol–water partition coefficient (Wildman–Crippen LogP) is 2.30. The van der Waals surface area contributed by atoms with Crippen LogP contribution in [-0.2, 0) is 13.6 Å². The van der Waals surface area contributed by atoms with E-state index in [1.807, 2.05) is 42.2 Å². The largest absolute Gasteiger partial charge is 0.497 e. The quantitative estimate of drug-likeness (QED) is 0.668. The minimum absolute atomic E-state index is 0.280. The number of amides is 1. The second kappa shape index (κ2) is 8.08. The minimum Gasteiger partial charge on any atom is -0.497 e. The molecule has 2 aromatic heterocycles. The molecule has 3 N–H and O–H groups in total. The maximum Gasteiger partial charge on any atom is 0.267 e. The summed E-state index contributed by atoms with van der Waals surface area (Å²) in [5, 5.41) is 4.24. The van der Waals surface area contributed by atoms with Crippen molar-refractivity contribution in [3.05, 3.63) is 53.7 Å². The smallest absolute Gasteiger partial charge is 0.267 e. The standard InChI is InChI=1S/C21H26N6O2/c1-26-16(7-10-23-26)13-27-11-8-15(9-12-27)21-24-18(19(25-21)20(22)28)14-3-5-17(29-2)6-4-14/h3-7,10,15H,8-9,11-13H2,1-2H3,(H2,22,28)(H,24,25). The Kier molecular flexibility index (Phi) is 5.35. The van der Waals surface area contributed by atoms with Crippen molar-refractivity contribution in [3.8, 4) is 17.0 Å². The molecule has 8 nitrogen and oxygen atoms in total. The van der Waals surface area contributed by atoms with Crippen LogP contribution in [0, 0.1) is 0 Å². The third kappa shape index (κ3) is 4.02. The number of hydrogen-bond donors (Lipinski definition) is 2. The Morgan fingerprint density at radius 1 is 1.24 bits per heavy atom. The van der Waals surface area contributed by atoms with Gasteiger partial charge in [0.15, 0.2) is 0 Å². The number of rotatable bonds is 6. The van der Waals surface area contributed by atoms with E-state index in [2.05, 4.69) is 21.0 Å². The molecule has 0 bridgehead atoms. The van der Waals surface area contributed by atoms with Gasteiger partial charge in [0.05, 0.1) is 12.8 Å². The SMILES string of the molecule is COc1ccc(-c2nc(C3CCN(Cc4ccnn4C)CC3)[nH]c2C(N)=O)cc1. The number of nitrogens with two attached hydrogens (primary N) is 1. The molecule has 1 aliphatic heterocycles. The van der Waals surface area contributed by atoms with Crippen LogP contribution < -0.4 is 10.5 Å². The van der Waals surface area contributed by atoms with E-state index in [-0.39, 0.29) is 5.92 Å². The third-order valence-electron chi connectivity index (χ3n) is 5.61. The highest BCUT2D eigenvalue weighted by Gasteiger charge is 2.26. The van der Waals surface area contributed by atoms with Crippen LogP contribution in [0.3, 0.4) is 0 Å². The number of nitrogens with zero attached hydrogens (tertiary/aromatic N) is 4. The first kappa shape index (κ1) is 19.2. The number of imidazole rings is 1. The molecule has 1 aliphatic rings. The highest BCUT2D eigenvalue weighted by atomic mass is 16.5. The molecule has 0 spiro atoms. The van der Waals surface area contributed by atoms with Crippen LogP contribution in [0.25, 0.3) is 11.3 Å². The molecule has 1 amide bonds. The summed E-state index contributed by atoms with van der Waals surface area (Å²) in [5.41, 5.74) is 8.63. The van der Waals surface area contributed by atoms with Crippen LogP contribution in [0.5, 0.6) is 5.75 Å². The summed E-state index contributed by atoms with van der Waals surface area (Å²) in [5.74, 6) is 1.38. The Labute approximate surface area is 169 Å². The number of methoxy groups -OCH3 is 1. The molecule has 0 aliphatic carbocycles. The first-order valence-electron chi connectivity index (χ1n) is 9.78. The molecule has 0 saturated carbocycles. The van der Waals surface area contributed by atoms with Crippen molar-refractivity contribution < 1.29 is 9.53 Å². The molecule has 0 radical (unpaired) electrons. The zero-order valence-corrected chi connectivity index (χ0v) is 16.8. The Morgan fingerprint density at radius 3 is 2.55 bits per heavy atom. The maximum atomic E-state index is 12.0. The van der Waals surface area contributed by atoms with E-state index in [1.54, 1.807) is 7.11 Å². The lowest BCUT2D eigenvalue weighted by Gasteiger charge is -2.30. The average molecular weight is 394 g/mol. The number of carbonyl (C=O) groups excluding carboxylic acids is 1. The number of aromatic nitrogens is 4. The fourth-order valence-corrected chi connectivity index (χ4v) is 3.87. The topological polar surface area (TPSA) is 102 Å². The van der Waals surface area contributed by atoms with Crippen molar-refractivity contribution in [2.24, 2.45) is 12.8 Å². The molecule has 1 aromatic carbocycles. The number of H-pyrrole nitrogens is 1. The lowest BCUT2D eigenvalue weighted by atomic mass is 9.96. The number of hydrogen-bond acceptors (Lipinski definition) is 5. The normalized spacial score (nSPS) is 15.5. The summed E-state index contributed by atoms with van der Waals surface area (Å²) in [7, 11) is 3.59. The van der Waals surface area contributed by atoms with Gasteiger partial charge in [-0.15, -0.1) is 0 Å². The van der Waals surface area contributed by atoms with E-state index in [9.17, 15) is 4.79 Å². The summed E-state index contributed by atoms with van der Waals surface area (Å²) in [6.07, 6.45) is 3.79. The molecule has 0 atom stereocenters. The van der Waals surface area contributed by atoms with Crippen molar-refractivity contribution in [1.82, 2.24) is 24.6 Å². The zero-order chi connectivity index (χ0) is 20.4. The molecule has 3 aromatic rings. The summed E-state index contributed by atoms with van der Waals surface area (Å²) in [6.45, 7) is 2.84. The van der Waals surface area contributed by atoms with Gasteiger partial charge in [-0.3, -0.25) is 14.4 Å². The van der Waals surface area contributed by atoms with E-state index >= 15 is 0 Å². The number of piperidine rings is 1. The number of benzene rings is 1. The van der Waals surface area contributed by atoms with Crippen LogP contribution in [0.4, 0.5) is 0 Å². The van der Waals surface area contributed by atoms with Gasteiger partial charge in [-0.1, -0.05) is 0 Å². The number of nitrogens with one attached hydrogen (secondary N) is 1. The Hall–Kier alpha value is -3.13. The summed E-state index contributed by atoms with van der Waals surface area (Å²) < 4.78 is 7.12. The summed E-state index contributed by atoms with van der Waals surface area (Å²) >= 11 is 0. The molecule has 4 rings (SSSR count). The predicted molar refractivity (Wildman–Crippen MR) is 110 cm³/mol. The molecule has 1 saturated heterocycles. The highest BCUT2D eigenvalue weighted by molar-refractivity contribution is 5.97. The van der Waals surface area contributed by atoms with E-state index in [0.717, 1.165) is 49.6 Å². The lowest BCUT2D eigenvalue weighted by molar-refractivity contribution is 0.0996. The number of ether oxygens (including phenoxy) is 1. The van der Waals surface area contributed by atoms with Crippen molar-refractivity contribution in [1.29, 1.82) is 0 Å². The second-order valence-electron chi connectivity index (χ2n) is 7.43. The Balaban J connectivity index is 1.49. The first-order valence-corrected chi connectivity index (χ1v) is 9.78. The van der Waals surface area contributed by atoms with E-state index < -0.39 is 5.91 Å². The summed E-state index contributed by atoms with van der Waals surface area (Å²) in [6, 6.07) is 9.54. The van der Waals surface area contributed by atoms with Crippen LogP contribution in [0.15, 0.2) is 36.5 Å². The number of primary amides is 1. The van der Waals surface area contributed by atoms with Gasteiger partial charge in [0.1, 0.15) is 23.0 Å². The zero-order valence-electron chi connectivity index (χ0n) is 16.8. The third-order valence-corrected chi connectivity index (χ3v) is 5.61. The molecule has 29 heavy (non-hydrogen) atoms. The van der Waals surface area contributed by atoms with E-state index in [4.69, 9.17) is 15.5 Å². The molecular weight excluding hydrogens is 368 g/mol. The van der Waals surface area contributed by atoms with Gasteiger partial charge in [-0.2, -0.15) is 5.10 Å². The number of likely N-dealkylation sites (tertiary alicyclic amines) is 1. The minimum atomic E-state index is -0.497. The van der Waals surface area contributed by atoms with Gasteiger partial charge in [0.2, 0.25) is 0 Å². The molecule has 1 fully saturated rings. The fourth-order valence-electron chi connectivity index (χ4n) is 3.87. The van der Waals surface area contributed by atoms with Crippen molar-refractivity contribution >= 4 is 5.91 Å². The Morgan fingerprint density at radius 2 is 1.97 bits per heavy atom. The first-order chi connectivity index (χ1) is 14.0. The molecule has 3 heterocycles. The molecule has 8 heteroatoms. The van der Waals surface area contributed by atoms with Crippen LogP contribution in [-0.4, -0.2) is 50.8 Å². The van der Waals surface area contributed by atoms with Crippen LogP contribution in [0.1, 0.15) is 40.8 Å². The fraction of sp³-hybridized carbons (Fsp3) is 0.381. The van der Waals surface area contributed by atoms with Gasteiger partial charge in [-0.05, 0) is 56.3 Å². The van der Waals surface area contributed by atoms with Gasteiger partial charge >= 0.3 is 0 Å². The van der Waals surface area contributed by atoms with Crippen molar-refractivity contribution in [2.45, 2.75) is 25.3 Å². The molecule has 152 valence electrons. The van der Waals surface area contributed by atoms with E-state index in [1.165, 1.54) is 5.69 Å². The molecule has 0 unspecified atom stereocenters. The van der Waals surface area contributed by atoms with Gasteiger partial charge < -0.3 is 15.5 Å². The maximum absolute atomic E-state index is 12.0. The Bertz CT molecular complexity index is 983. The van der Waals surface area contributed by atoms with Gasteiger partial charge in [0, 0.05) is 31.3 Å². The van der Waals surface area contributed by atoms with Crippen LogP contribution in [0.2, 0.25) is 0 Å². The van der Waals surface area contributed by atoms with Crippen molar-refractivity contribution in [2.75, 3.05) is 20.2 Å². The highest BCUT2D eigenvalue weighted by Crippen LogP contribution is 2.31. The van der Waals surface area contributed by atoms with Crippen molar-refractivity contribution in [3.63, 3.8) is 0 Å². The average Bonchev–Trinajstić information content (AvgIpc) is 3.36. The van der Waals surface area contributed by atoms with Crippen LogP contribution >= 0.6 is 0 Å². The number of aromatic amines is 1. The van der Waals surface area contributed by atoms with Gasteiger partial charge in [0.25, 0.3) is 5.91 Å². The summed E-state index contributed by atoms with van der Waals surface area (Å²) in [4.78, 5) is 22.4. The van der Waals surface area contributed by atoms with Gasteiger partial charge in [-0.25, -0.2) is 4.98 Å².